The molecule has 4 nitrogen and oxygen atoms in total. The van der Waals surface area contributed by atoms with E-state index in [0.29, 0.717) is 38.2 Å². The zero-order valence-electron chi connectivity index (χ0n) is 10.8. The molecule has 0 saturated carbocycles. The van der Waals surface area contributed by atoms with E-state index in [1.807, 2.05) is 0 Å². The molecule has 0 amide bonds. The molecule has 20 heavy (non-hydrogen) atoms. The zero-order chi connectivity index (χ0) is 14.7. The molecule has 0 N–H and O–H groups in total. The number of carbonyl (C=O) groups is 1. The summed E-state index contributed by atoms with van der Waals surface area (Å²) in [5, 5.41) is 1.22. The second-order valence-electron chi connectivity index (χ2n) is 3.79. The van der Waals surface area contributed by atoms with Crippen LogP contribution in [-0.4, -0.2) is 17.6 Å². The molecule has 7 heteroatoms. The number of aryl methyl sites for hydroxylation is 1. The Morgan fingerprint density at radius 2 is 2.15 bits per heavy atom. The Morgan fingerprint density at radius 3 is 2.80 bits per heavy atom. The number of nitrogens with zero attached hydrogens (tertiary/aromatic N) is 1. The highest BCUT2D eigenvalue weighted by Gasteiger charge is 2.18. The van der Waals surface area contributed by atoms with Crippen molar-refractivity contribution in [3.63, 3.8) is 0 Å². The molecule has 0 bridgehead atoms. The van der Waals surface area contributed by atoms with E-state index >= 15 is 0 Å². The van der Waals surface area contributed by atoms with E-state index in [9.17, 15) is 4.79 Å². The lowest BCUT2D eigenvalue weighted by Crippen LogP contribution is -2.03. The predicted molar refractivity (Wildman–Crippen MR) is 79.3 cm³/mol. The summed E-state index contributed by atoms with van der Waals surface area (Å²) in [7, 11) is 0. The lowest BCUT2D eigenvalue weighted by atomic mass is 10.3. The predicted octanol–water partition coefficient (Wildman–Crippen LogP) is 4.73. The van der Waals surface area contributed by atoms with Crippen molar-refractivity contribution in [2.24, 2.45) is 0 Å². The van der Waals surface area contributed by atoms with Gasteiger partial charge in [0.05, 0.1) is 17.3 Å². The van der Waals surface area contributed by atoms with Crippen molar-refractivity contribution < 1.29 is 14.3 Å². The van der Waals surface area contributed by atoms with Crippen molar-refractivity contribution in [2.45, 2.75) is 13.8 Å². The number of aromatic nitrogens is 1. The Bertz CT molecular complexity index is 643. The van der Waals surface area contributed by atoms with Crippen LogP contribution < -0.4 is 4.74 Å². The van der Waals surface area contributed by atoms with Gasteiger partial charge in [-0.05, 0) is 32.0 Å². The molecule has 0 saturated heterocycles. The normalized spacial score (nSPS) is 10.4. The lowest BCUT2D eigenvalue weighted by Gasteiger charge is -2.03. The van der Waals surface area contributed by atoms with Gasteiger partial charge in [-0.3, -0.25) is 0 Å². The minimum Gasteiger partial charge on any atom is -0.462 e. The van der Waals surface area contributed by atoms with E-state index in [0.717, 1.165) is 11.3 Å². The lowest BCUT2D eigenvalue weighted by molar-refractivity contribution is 0.0531. The third-order valence-corrected chi connectivity index (χ3v) is 3.87. The Hall–Kier alpha value is -1.30. The van der Waals surface area contributed by atoms with Crippen LogP contribution in [0.5, 0.6) is 10.9 Å². The zero-order valence-corrected chi connectivity index (χ0v) is 13.1. The maximum atomic E-state index is 11.7. The van der Waals surface area contributed by atoms with Crippen LogP contribution in [0, 0.1) is 6.92 Å². The van der Waals surface area contributed by atoms with Gasteiger partial charge in [0, 0.05) is 5.02 Å². The van der Waals surface area contributed by atoms with Gasteiger partial charge >= 0.3 is 5.97 Å². The summed E-state index contributed by atoms with van der Waals surface area (Å²) >= 11 is 12.9. The summed E-state index contributed by atoms with van der Waals surface area (Å²) in [4.78, 5) is 16.3. The van der Waals surface area contributed by atoms with Crippen molar-refractivity contribution in [3.05, 3.63) is 38.8 Å². The molecular weight excluding hydrogens is 321 g/mol. The third-order valence-electron chi connectivity index (χ3n) is 2.33. The summed E-state index contributed by atoms with van der Waals surface area (Å²) < 4.78 is 10.5. The van der Waals surface area contributed by atoms with Gasteiger partial charge in [0.25, 0.3) is 5.19 Å². The van der Waals surface area contributed by atoms with Crippen LogP contribution in [0.3, 0.4) is 0 Å². The summed E-state index contributed by atoms with van der Waals surface area (Å²) in [5.74, 6) is 0.0276. The molecule has 2 rings (SSSR count). The fourth-order valence-electron chi connectivity index (χ4n) is 1.45. The molecule has 0 spiro atoms. The highest BCUT2D eigenvalue weighted by molar-refractivity contribution is 7.15. The molecule has 0 fully saturated rings. The van der Waals surface area contributed by atoms with Gasteiger partial charge in [-0.1, -0.05) is 34.5 Å². The molecule has 106 valence electrons. The van der Waals surface area contributed by atoms with Crippen molar-refractivity contribution >= 4 is 40.5 Å². The minimum atomic E-state index is -0.403. The number of benzene rings is 1. The number of halogens is 2. The number of hydrogen-bond acceptors (Lipinski definition) is 5. The number of thiazole rings is 1. The fourth-order valence-corrected chi connectivity index (χ4v) is 2.72. The monoisotopic (exact) mass is 331 g/mol. The molecule has 0 aliphatic heterocycles. The molecule has 0 atom stereocenters. The Balaban J connectivity index is 2.22. The highest BCUT2D eigenvalue weighted by Crippen LogP contribution is 2.34. The van der Waals surface area contributed by atoms with E-state index < -0.39 is 5.97 Å². The number of carbonyl (C=O) groups excluding carboxylic acids is 1. The summed E-state index contributed by atoms with van der Waals surface area (Å²) in [6, 6.07) is 4.88. The standard InChI is InChI=1S/C13H11Cl2NO3S/c1-3-18-12(17)11-7(2)16-13(20-11)19-10-5-4-8(14)6-9(10)15/h4-6H,3H2,1-2H3. The van der Waals surface area contributed by atoms with E-state index in [-0.39, 0.29) is 0 Å². The third kappa shape index (κ3) is 3.42. The molecule has 1 aromatic heterocycles. The van der Waals surface area contributed by atoms with Crippen molar-refractivity contribution in [1.29, 1.82) is 0 Å². The van der Waals surface area contributed by atoms with Gasteiger partial charge in [-0.15, -0.1) is 0 Å². The van der Waals surface area contributed by atoms with Crippen LogP contribution in [0.4, 0.5) is 0 Å². The Kier molecular flexibility index (Phi) is 4.86. The SMILES string of the molecule is CCOC(=O)c1sc(Oc2ccc(Cl)cc2Cl)nc1C. The van der Waals surface area contributed by atoms with Gasteiger partial charge in [-0.25, -0.2) is 9.78 Å². The van der Waals surface area contributed by atoms with Gasteiger partial charge in [0.2, 0.25) is 0 Å². The second-order valence-corrected chi connectivity index (χ2v) is 5.60. The van der Waals surface area contributed by atoms with E-state index in [1.165, 1.54) is 0 Å². The van der Waals surface area contributed by atoms with Crippen LogP contribution in [-0.2, 0) is 4.74 Å². The first kappa shape index (κ1) is 15.1. The highest BCUT2D eigenvalue weighted by atomic mass is 35.5. The molecule has 0 aliphatic rings. The van der Waals surface area contributed by atoms with Crippen LogP contribution in [0.2, 0.25) is 10.0 Å². The summed E-state index contributed by atoms with van der Waals surface area (Å²) in [5.41, 5.74) is 0.563. The number of ether oxygens (including phenoxy) is 2. The first-order valence-corrected chi connectivity index (χ1v) is 7.36. The fraction of sp³-hybridized carbons (Fsp3) is 0.231. The topological polar surface area (TPSA) is 48.4 Å². The van der Waals surface area contributed by atoms with Crippen LogP contribution in [0.15, 0.2) is 18.2 Å². The smallest absolute Gasteiger partial charge is 0.350 e. The first-order valence-electron chi connectivity index (χ1n) is 5.78. The number of rotatable bonds is 4. The van der Waals surface area contributed by atoms with E-state index in [2.05, 4.69) is 4.98 Å². The van der Waals surface area contributed by atoms with Crippen LogP contribution in [0.25, 0.3) is 0 Å². The summed E-state index contributed by atoms with van der Waals surface area (Å²) in [6.07, 6.45) is 0. The molecule has 0 aliphatic carbocycles. The average Bonchev–Trinajstić information content (AvgIpc) is 2.74. The maximum Gasteiger partial charge on any atom is 0.350 e. The molecule has 0 radical (unpaired) electrons. The van der Waals surface area contributed by atoms with Crippen molar-refractivity contribution in [3.8, 4) is 10.9 Å². The van der Waals surface area contributed by atoms with Gasteiger partial charge < -0.3 is 9.47 Å². The number of esters is 1. The van der Waals surface area contributed by atoms with Crippen molar-refractivity contribution in [1.82, 2.24) is 4.98 Å². The first-order chi connectivity index (χ1) is 9.51. The van der Waals surface area contributed by atoms with E-state index in [1.54, 1.807) is 32.0 Å². The molecule has 2 aromatic rings. The quantitative estimate of drug-likeness (QED) is 0.760. The summed E-state index contributed by atoms with van der Waals surface area (Å²) in [6.45, 7) is 3.79. The Labute approximate surface area is 130 Å². The average molecular weight is 332 g/mol. The van der Waals surface area contributed by atoms with Gasteiger partial charge in [-0.2, -0.15) is 0 Å². The minimum absolute atomic E-state index is 0.315. The molecular formula is C13H11Cl2NO3S. The molecule has 1 heterocycles. The molecule has 0 unspecified atom stereocenters. The van der Waals surface area contributed by atoms with Gasteiger partial charge in [0.1, 0.15) is 10.6 Å². The van der Waals surface area contributed by atoms with Crippen LogP contribution >= 0.6 is 34.5 Å². The Morgan fingerprint density at radius 1 is 1.40 bits per heavy atom. The van der Waals surface area contributed by atoms with Crippen molar-refractivity contribution in [2.75, 3.05) is 6.61 Å². The molecule has 1 aromatic carbocycles. The van der Waals surface area contributed by atoms with Crippen LogP contribution in [0.1, 0.15) is 22.3 Å². The number of hydrogen-bond donors (Lipinski definition) is 0. The van der Waals surface area contributed by atoms with E-state index in [4.69, 9.17) is 32.7 Å². The van der Waals surface area contributed by atoms with Gasteiger partial charge in [0.15, 0.2) is 0 Å². The second kappa shape index (κ2) is 6.43. The maximum absolute atomic E-state index is 11.7. The largest absolute Gasteiger partial charge is 0.462 e.